The Kier molecular flexibility index (Phi) is 9.30. The van der Waals surface area contributed by atoms with Crippen LogP contribution in [0.2, 0.25) is 18.1 Å². The van der Waals surface area contributed by atoms with Gasteiger partial charge in [0.1, 0.15) is 5.75 Å². The van der Waals surface area contributed by atoms with Crippen LogP contribution in [0, 0.1) is 0 Å². The fourth-order valence-electron chi connectivity index (χ4n) is 6.85. The van der Waals surface area contributed by atoms with Gasteiger partial charge in [-0.1, -0.05) is 98.4 Å². The summed E-state index contributed by atoms with van der Waals surface area (Å²) < 4.78 is 19.2. The van der Waals surface area contributed by atoms with E-state index in [-0.39, 0.29) is 22.0 Å². The monoisotopic (exact) mass is 576 g/mol. The van der Waals surface area contributed by atoms with Crippen LogP contribution >= 0.6 is 0 Å². The molecule has 0 radical (unpaired) electrons. The summed E-state index contributed by atoms with van der Waals surface area (Å²) in [5, 5.41) is 0.129. The molecule has 0 spiro atoms. The molecule has 2 aromatic rings. The molecule has 0 aliphatic heterocycles. The van der Waals surface area contributed by atoms with E-state index in [2.05, 4.69) is 73.3 Å². The van der Waals surface area contributed by atoms with E-state index in [0.717, 1.165) is 42.6 Å². The van der Waals surface area contributed by atoms with Crippen molar-refractivity contribution in [2.45, 2.75) is 128 Å². The van der Waals surface area contributed by atoms with Gasteiger partial charge in [0.05, 0.1) is 24.5 Å². The van der Waals surface area contributed by atoms with E-state index in [4.69, 9.17) is 13.9 Å². The lowest BCUT2D eigenvalue weighted by Gasteiger charge is -2.50. The number of rotatable bonds is 12. The second-order valence-corrected chi connectivity index (χ2v) is 19.0. The highest BCUT2D eigenvalue weighted by molar-refractivity contribution is 6.74. The largest absolute Gasteiger partial charge is 0.493 e. The number of benzene rings is 2. The van der Waals surface area contributed by atoms with E-state index in [1.54, 1.807) is 0 Å². The quantitative estimate of drug-likeness (QED) is 0.109. The molecule has 2 aliphatic rings. The lowest BCUT2D eigenvalue weighted by Crippen LogP contribution is -2.55. The van der Waals surface area contributed by atoms with E-state index in [1.807, 2.05) is 24.3 Å². The van der Waals surface area contributed by atoms with Crippen molar-refractivity contribution in [2.24, 2.45) is 0 Å². The van der Waals surface area contributed by atoms with Crippen molar-refractivity contribution in [3.05, 3.63) is 65.9 Å². The summed E-state index contributed by atoms with van der Waals surface area (Å²) >= 11 is 0. The van der Waals surface area contributed by atoms with Crippen LogP contribution in [0.1, 0.15) is 114 Å². The van der Waals surface area contributed by atoms with E-state index in [1.165, 1.54) is 43.1 Å². The third-order valence-electron chi connectivity index (χ3n) is 10.3. The Balaban J connectivity index is 1.84. The number of carbonyl (C=O) groups is 1. The molecule has 3 unspecified atom stereocenters. The van der Waals surface area contributed by atoms with E-state index in [9.17, 15) is 4.79 Å². The SMILES string of the molecule is C=COC(=O)c1ccccc1-c1cc2c(cc1OCCCCCCC)C1(C)CCCC2(C)C1O[Si](C)(C)C(C)(C)C. The second kappa shape index (κ2) is 12.1. The zero-order valence-electron chi connectivity index (χ0n) is 26.8. The topological polar surface area (TPSA) is 44.8 Å². The molecule has 5 heteroatoms. The fourth-order valence-corrected chi connectivity index (χ4v) is 8.31. The molecule has 0 saturated heterocycles. The lowest BCUT2D eigenvalue weighted by molar-refractivity contribution is 0.0182. The highest BCUT2D eigenvalue weighted by Crippen LogP contribution is 2.62. The first-order valence-corrected chi connectivity index (χ1v) is 18.6. The zero-order valence-corrected chi connectivity index (χ0v) is 27.8. The summed E-state index contributed by atoms with van der Waals surface area (Å²) in [6, 6.07) is 12.3. The van der Waals surface area contributed by atoms with Crippen molar-refractivity contribution in [1.29, 1.82) is 0 Å². The Bertz CT molecular complexity index is 1260. The molecule has 2 bridgehead atoms. The number of hydrogen-bond donors (Lipinski definition) is 0. The van der Waals surface area contributed by atoms with Crippen LogP contribution in [-0.4, -0.2) is 27.0 Å². The van der Waals surface area contributed by atoms with Crippen LogP contribution in [0.25, 0.3) is 11.1 Å². The van der Waals surface area contributed by atoms with Crippen molar-refractivity contribution in [1.82, 2.24) is 0 Å². The molecule has 4 rings (SSSR count). The van der Waals surface area contributed by atoms with Crippen molar-refractivity contribution >= 4 is 14.3 Å². The van der Waals surface area contributed by atoms with Gasteiger partial charge in [-0.3, -0.25) is 0 Å². The average Bonchev–Trinajstić information content (AvgIpc) is 3.00. The zero-order chi connectivity index (χ0) is 30.1. The van der Waals surface area contributed by atoms with E-state index in [0.29, 0.717) is 12.2 Å². The molecule has 0 heterocycles. The maximum Gasteiger partial charge on any atom is 0.343 e. The number of fused-ring (bicyclic) bond motifs is 5. The molecule has 2 aromatic carbocycles. The molecule has 41 heavy (non-hydrogen) atoms. The predicted molar refractivity (Wildman–Crippen MR) is 172 cm³/mol. The molecule has 3 atom stereocenters. The molecule has 1 saturated carbocycles. The Labute approximate surface area is 250 Å². The normalized spacial score (nSPS) is 23.7. The van der Waals surface area contributed by atoms with Gasteiger partial charge in [0, 0.05) is 16.4 Å². The predicted octanol–water partition coefficient (Wildman–Crippen LogP) is 10.1. The Hall–Kier alpha value is -2.37. The van der Waals surface area contributed by atoms with Crippen molar-refractivity contribution in [2.75, 3.05) is 6.61 Å². The molecule has 4 nitrogen and oxygen atoms in total. The van der Waals surface area contributed by atoms with Crippen LogP contribution in [-0.2, 0) is 20.0 Å². The summed E-state index contributed by atoms with van der Waals surface area (Å²) in [5.74, 6) is 0.444. The van der Waals surface area contributed by atoms with Gasteiger partial charge < -0.3 is 13.9 Å². The lowest BCUT2D eigenvalue weighted by atomic mass is 9.66. The van der Waals surface area contributed by atoms with E-state index >= 15 is 0 Å². The van der Waals surface area contributed by atoms with Gasteiger partial charge in [0.25, 0.3) is 0 Å². The molecule has 0 N–H and O–H groups in total. The maximum atomic E-state index is 13.0. The van der Waals surface area contributed by atoms with Gasteiger partial charge in [0.15, 0.2) is 8.32 Å². The average molecular weight is 577 g/mol. The van der Waals surface area contributed by atoms with Crippen molar-refractivity contribution in [3.63, 3.8) is 0 Å². The third kappa shape index (κ3) is 5.95. The molecular weight excluding hydrogens is 524 g/mol. The van der Waals surface area contributed by atoms with Crippen LogP contribution in [0.15, 0.2) is 49.2 Å². The number of ether oxygens (including phenoxy) is 2. The standard InChI is InChI=1S/C36H52O4Si/c1-10-12-13-14-17-23-39-31-25-30-29(24-28(31)26-19-15-16-20-27(26)32(37)38-11-2)35(6)21-18-22-36(30,7)33(35)40-41(8,9)34(3,4)5/h11,15-16,19-20,24-25,33H,2,10,12-14,17-18,21-23H2,1,3-9H3. The van der Waals surface area contributed by atoms with Gasteiger partial charge in [-0.2, -0.15) is 0 Å². The highest BCUT2D eigenvalue weighted by atomic mass is 28.4. The second-order valence-electron chi connectivity index (χ2n) is 14.2. The Morgan fingerprint density at radius 2 is 1.63 bits per heavy atom. The number of carbonyl (C=O) groups excluding carboxylic acids is 1. The molecule has 1 fully saturated rings. The highest BCUT2D eigenvalue weighted by Gasteiger charge is 2.61. The van der Waals surface area contributed by atoms with Crippen LogP contribution in [0.3, 0.4) is 0 Å². The summed E-state index contributed by atoms with van der Waals surface area (Å²) in [6.45, 7) is 23.0. The van der Waals surface area contributed by atoms with Crippen LogP contribution < -0.4 is 4.74 Å². The Morgan fingerprint density at radius 1 is 1.00 bits per heavy atom. The smallest absolute Gasteiger partial charge is 0.343 e. The van der Waals surface area contributed by atoms with E-state index < -0.39 is 14.3 Å². The minimum Gasteiger partial charge on any atom is -0.493 e. The van der Waals surface area contributed by atoms with Gasteiger partial charge in [-0.15, -0.1) is 0 Å². The summed E-state index contributed by atoms with van der Waals surface area (Å²) in [7, 11) is -2.03. The number of unbranched alkanes of at least 4 members (excludes halogenated alkanes) is 4. The van der Waals surface area contributed by atoms with Crippen LogP contribution in [0.5, 0.6) is 5.75 Å². The van der Waals surface area contributed by atoms with Crippen molar-refractivity contribution < 1.29 is 18.7 Å². The minimum absolute atomic E-state index is 0.0864. The number of esters is 1. The molecule has 2 aliphatic carbocycles. The third-order valence-corrected chi connectivity index (χ3v) is 14.7. The molecular formula is C36H52O4Si. The van der Waals surface area contributed by atoms with Gasteiger partial charge in [-0.05, 0) is 72.3 Å². The summed E-state index contributed by atoms with van der Waals surface area (Å²) in [5.41, 5.74) is 4.82. The molecule has 0 aromatic heterocycles. The van der Waals surface area contributed by atoms with Gasteiger partial charge >= 0.3 is 5.97 Å². The van der Waals surface area contributed by atoms with Gasteiger partial charge in [-0.25, -0.2) is 4.79 Å². The Morgan fingerprint density at radius 3 is 2.27 bits per heavy atom. The summed E-state index contributed by atoms with van der Waals surface area (Å²) in [4.78, 5) is 13.0. The number of hydrogen-bond acceptors (Lipinski definition) is 4. The first-order chi connectivity index (χ1) is 19.3. The first-order valence-electron chi connectivity index (χ1n) is 15.7. The summed E-state index contributed by atoms with van der Waals surface area (Å²) in [6.07, 6.45) is 10.6. The fraction of sp³-hybridized carbons (Fsp3) is 0.583. The molecule has 224 valence electrons. The minimum atomic E-state index is -2.03. The van der Waals surface area contributed by atoms with Gasteiger partial charge in [0.2, 0.25) is 0 Å². The van der Waals surface area contributed by atoms with Crippen LogP contribution in [0.4, 0.5) is 0 Å². The van der Waals surface area contributed by atoms with Crippen molar-refractivity contribution in [3.8, 4) is 16.9 Å². The molecule has 0 amide bonds. The first kappa shape index (κ1) is 31.6. The maximum absolute atomic E-state index is 13.0.